The second kappa shape index (κ2) is 6.86. The van der Waals surface area contributed by atoms with Crippen molar-refractivity contribution in [1.82, 2.24) is 16.2 Å². The third kappa shape index (κ3) is 3.52. The highest BCUT2D eigenvalue weighted by atomic mass is 16.3. The van der Waals surface area contributed by atoms with Crippen molar-refractivity contribution in [2.45, 2.75) is 43.8 Å². The van der Waals surface area contributed by atoms with Crippen LogP contribution in [-0.4, -0.2) is 23.1 Å². The van der Waals surface area contributed by atoms with Gasteiger partial charge < -0.3 is 10.4 Å². The van der Waals surface area contributed by atoms with E-state index in [4.69, 9.17) is 0 Å². The summed E-state index contributed by atoms with van der Waals surface area (Å²) in [5, 5.41) is 12.6. The van der Waals surface area contributed by atoms with Crippen LogP contribution in [0.1, 0.15) is 35.6 Å². The van der Waals surface area contributed by atoms with Gasteiger partial charge in [0.1, 0.15) is 11.8 Å². The number of hydrogen-bond acceptors (Lipinski definition) is 4. The fourth-order valence-corrected chi connectivity index (χ4v) is 3.78. The highest BCUT2D eigenvalue weighted by Gasteiger charge is 2.31. The number of hydrogen-bond donors (Lipinski definition) is 4. The third-order valence-corrected chi connectivity index (χ3v) is 5.21. The molecule has 3 atom stereocenters. The summed E-state index contributed by atoms with van der Waals surface area (Å²) in [7, 11) is 0. The minimum Gasteiger partial charge on any atom is -0.508 e. The highest BCUT2D eigenvalue weighted by molar-refractivity contribution is 5.82. The number of phenolic OH excluding ortho intramolecular Hbond substituents is 1. The van der Waals surface area contributed by atoms with Gasteiger partial charge in [-0.2, -0.15) is 0 Å². The van der Waals surface area contributed by atoms with E-state index in [1.165, 1.54) is 11.1 Å². The summed E-state index contributed by atoms with van der Waals surface area (Å²) >= 11 is 0. The molecule has 0 saturated carbocycles. The second-order valence-electron chi connectivity index (χ2n) is 6.94. The molecule has 0 bridgehead atoms. The monoisotopic (exact) mass is 337 g/mol. The molecular weight excluding hydrogens is 314 g/mol. The van der Waals surface area contributed by atoms with Gasteiger partial charge in [0.25, 0.3) is 0 Å². The molecule has 130 valence electrons. The molecule has 2 aliphatic rings. The Kier molecular flexibility index (Phi) is 4.42. The summed E-state index contributed by atoms with van der Waals surface area (Å²) in [5.41, 5.74) is 10.1. The summed E-state index contributed by atoms with van der Waals surface area (Å²) in [6, 6.07) is 15.6. The van der Waals surface area contributed by atoms with E-state index in [1.807, 2.05) is 12.1 Å². The van der Waals surface area contributed by atoms with Gasteiger partial charge in [0, 0.05) is 12.1 Å². The van der Waals surface area contributed by atoms with Crippen LogP contribution in [0.3, 0.4) is 0 Å². The van der Waals surface area contributed by atoms with E-state index in [-0.39, 0.29) is 29.8 Å². The van der Waals surface area contributed by atoms with Gasteiger partial charge in [-0.05, 0) is 54.5 Å². The van der Waals surface area contributed by atoms with Crippen LogP contribution < -0.4 is 16.2 Å². The number of aryl methyl sites for hydroxylation is 1. The maximum absolute atomic E-state index is 12.6. The summed E-state index contributed by atoms with van der Waals surface area (Å²) in [6.45, 7) is 0. The quantitative estimate of drug-likeness (QED) is 0.691. The third-order valence-electron chi connectivity index (χ3n) is 5.21. The van der Waals surface area contributed by atoms with Crippen LogP contribution in [-0.2, 0) is 17.6 Å². The topological polar surface area (TPSA) is 73.4 Å². The standard InChI is InChI=1S/C20H23N3O2/c24-17-9-6-14(7-10-17)18-12-19(23-22-18)20(25)21-16-8-5-13-3-1-2-4-15(13)11-16/h1-4,6-7,9-10,16,18-19,22-24H,5,8,11-12H2,(H,21,25). The molecule has 25 heavy (non-hydrogen) atoms. The molecule has 0 aromatic heterocycles. The number of carbonyl (C=O) groups is 1. The lowest BCUT2D eigenvalue weighted by Gasteiger charge is -2.26. The fourth-order valence-electron chi connectivity index (χ4n) is 3.78. The first-order valence-corrected chi connectivity index (χ1v) is 8.86. The lowest BCUT2D eigenvalue weighted by molar-refractivity contribution is -0.123. The number of carbonyl (C=O) groups excluding carboxylic acids is 1. The van der Waals surface area contributed by atoms with Gasteiger partial charge in [-0.15, -0.1) is 0 Å². The largest absolute Gasteiger partial charge is 0.508 e. The molecule has 1 fully saturated rings. The van der Waals surface area contributed by atoms with E-state index in [9.17, 15) is 9.90 Å². The first kappa shape index (κ1) is 16.1. The van der Waals surface area contributed by atoms with Gasteiger partial charge in [0.15, 0.2) is 0 Å². The SMILES string of the molecule is O=C(NC1CCc2ccccc2C1)C1CC(c2ccc(O)cc2)NN1. The average Bonchev–Trinajstić information content (AvgIpc) is 3.12. The molecule has 4 rings (SSSR count). The Bertz CT molecular complexity index is 760. The normalized spacial score (nSPS) is 25.4. The molecule has 3 unspecified atom stereocenters. The molecule has 4 N–H and O–H groups in total. The smallest absolute Gasteiger partial charge is 0.238 e. The van der Waals surface area contributed by atoms with Crippen molar-refractivity contribution in [2.24, 2.45) is 0 Å². The number of fused-ring (bicyclic) bond motifs is 1. The van der Waals surface area contributed by atoms with Crippen LogP contribution in [0.4, 0.5) is 0 Å². The Hall–Kier alpha value is -2.37. The van der Waals surface area contributed by atoms with Crippen molar-refractivity contribution in [3.8, 4) is 5.75 Å². The number of benzene rings is 2. The van der Waals surface area contributed by atoms with E-state index in [1.54, 1.807) is 12.1 Å². The Morgan fingerprint density at radius 3 is 2.60 bits per heavy atom. The Balaban J connectivity index is 1.34. The van der Waals surface area contributed by atoms with E-state index >= 15 is 0 Å². The van der Waals surface area contributed by atoms with E-state index in [0.29, 0.717) is 6.42 Å². The second-order valence-corrected chi connectivity index (χ2v) is 6.94. The number of nitrogens with one attached hydrogen (secondary N) is 3. The first-order chi connectivity index (χ1) is 12.2. The number of amides is 1. The van der Waals surface area contributed by atoms with E-state index in [2.05, 4.69) is 40.4 Å². The molecule has 2 aromatic carbocycles. The van der Waals surface area contributed by atoms with E-state index < -0.39 is 0 Å². The summed E-state index contributed by atoms with van der Waals surface area (Å²) < 4.78 is 0. The molecule has 1 amide bonds. The summed E-state index contributed by atoms with van der Waals surface area (Å²) in [6.07, 6.45) is 3.61. The van der Waals surface area contributed by atoms with Gasteiger partial charge in [0.2, 0.25) is 5.91 Å². The van der Waals surface area contributed by atoms with Gasteiger partial charge in [0.05, 0.1) is 0 Å². The molecule has 1 aliphatic carbocycles. The Morgan fingerprint density at radius 1 is 1.04 bits per heavy atom. The highest BCUT2D eigenvalue weighted by Crippen LogP contribution is 2.25. The predicted octanol–water partition coefficient (Wildman–Crippen LogP) is 1.97. The molecule has 2 aromatic rings. The lowest BCUT2D eigenvalue weighted by atomic mass is 9.88. The zero-order chi connectivity index (χ0) is 17.2. The molecule has 1 aliphatic heterocycles. The zero-order valence-electron chi connectivity index (χ0n) is 14.0. The van der Waals surface area contributed by atoms with Crippen molar-refractivity contribution in [1.29, 1.82) is 0 Å². The fraction of sp³-hybridized carbons (Fsp3) is 0.350. The van der Waals surface area contributed by atoms with E-state index in [0.717, 1.165) is 24.8 Å². The molecule has 1 saturated heterocycles. The van der Waals surface area contributed by atoms with Crippen molar-refractivity contribution in [3.05, 3.63) is 65.2 Å². The van der Waals surface area contributed by atoms with Crippen molar-refractivity contribution in [2.75, 3.05) is 0 Å². The number of phenols is 1. The maximum Gasteiger partial charge on any atom is 0.238 e. The Morgan fingerprint density at radius 2 is 1.80 bits per heavy atom. The number of aromatic hydroxyl groups is 1. The number of rotatable bonds is 3. The van der Waals surface area contributed by atoms with Gasteiger partial charge in [-0.1, -0.05) is 36.4 Å². The molecule has 5 nitrogen and oxygen atoms in total. The van der Waals surface area contributed by atoms with Crippen LogP contribution in [0.5, 0.6) is 5.75 Å². The van der Waals surface area contributed by atoms with Gasteiger partial charge in [-0.3, -0.25) is 4.79 Å². The Labute approximate surface area is 147 Å². The van der Waals surface area contributed by atoms with Crippen molar-refractivity contribution < 1.29 is 9.90 Å². The first-order valence-electron chi connectivity index (χ1n) is 8.86. The maximum atomic E-state index is 12.6. The predicted molar refractivity (Wildman–Crippen MR) is 95.9 cm³/mol. The van der Waals surface area contributed by atoms with Crippen LogP contribution in [0.15, 0.2) is 48.5 Å². The number of hydrazine groups is 1. The van der Waals surface area contributed by atoms with Crippen LogP contribution in [0, 0.1) is 0 Å². The van der Waals surface area contributed by atoms with Crippen LogP contribution >= 0.6 is 0 Å². The molecule has 0 radical (unpaired) electrons. The van der Waals surface area contributed by atoms with Crippen molar-refractivity contribution in [3.63, 3.8) is 0 Å². The lowest BCUT2D eigenvalue weighted by Crippen LogP contribution is -2.48. The minimum atomic E-state index is -0.240. The summed E-state index contributed by atoms with van der Waals surface area (Å²) in [5.74, 6) is 0.305. The zero-order valence-corrected chi connectivity index (χ0v) is 14.0. The molecule has 1 heterocycles. The molecule has 0 spiro atoms. The molecule has 5 heteroatoms. The van der Waals surface area contributed by atoms with Crippen LogP contribution in [0.2, 0.25) is 0 Å². The average molecular weight is 337 g/mol. The van der Waals surface area contributed by atoms with Crippen LogP contribution in [0.25, 0.3) is 0 Å². The van der Waals surface area contributed by atoms with Crippen molar-refractivity contribution >= 4 is 5.91 Å². The summed E-state index contributed by atoms with van der Waals surface area (Å²) in [4.78, 5) is 12.6. The molecular formula is C20H23N3O2. The van der Waals surface area contributed by atoms with Gasteiger partial charge in [-0.25, -0.2) is 10.9 Å². The minimum absolute atomic E-state index is 0.0539. The van der Waals surface area contributed by atoms with Gasteiger partial charge >= 0.3 is 0 Å².